The van der Waals surface area contributed by atoms with Gasteiger partial charge in [0.15, 0.2) is 5.69 Å². The molecule has 0 aliphatic rings. The van der Waals surface area contributed by atoms with Crippen molar-refractivity contribution in [2.75, 3.05) is 13.7 Å². The van der Waals surface area contributed by atoms with Gasteiger partial charge in [0.1, 0.15) is 12.3 Å². The van der Waals surface area contributed by atoms with Crippen molar-refractivity contribution < 1.29 is 19.4 Å². The van der Waals surface area contributed by atoms with Crippen LogP contribution in [0.25, 0.3) is 17.0 Å². The first kappa shape index (κ1) is 21.8. The van der Waals surface area contributed by atoms with Crippen molar-refractivity contribution in [1.29, 1.82) is 0 Å². The second-order valence-electron chi connectivity index (χ2n) is 6.65. The molecule has 0 unspecified atom stereocenters. The van der Waals surface area contributed by atoms with Crippen LogP contribution in [-0.4, -0.2) is 35.1 Å². The summed E-state index contributed by atoms with van der Waals surface area (Å²) in [6, 6.07) is 14.8. The molecule has 0 atom stereocenters. The van der Waals surface area contributed by atoms with Crippen LogP contribution in [0.3, 0.4) is 0 Å². The van der Waals surface area contributed by atoms with Crippen LogP contribution in [0.5, 0.6) is 11.6 Å². The Kier molecular flexibility index (Phi) is 7.16. The highest BCUT2D eigenvalue weighted by Crippen LogP contribution is 2.38. The Balaban J connectivity index is 1.56. The maximum Gasteiger partial charge on any atom is 0.283 e. The van der Waals surface area contributed by atoms with Gasteiger partial charge in [0.25, 0.3) is 5.91 Å². The summed E-state index contributed by atoms with van der Waals surface area (Å²) in [4.78, 5) is 24.0. The maximum atomic E-state index is 12.0. The van der Waals surface area contributed by atoms with Crippen molar-refractivity contribution in [1.82, 2.24) is 9.88 Å². The number of fused-ring (bicyclic) bond motifs is 1. The number of aromatic hydroxyl groups is 1. The van der Waals surface area contributed by atoms with E-state index in [-0.39, 0.29) is 30.4 Å². The fourth-order valence-corrected chi connectivity index (χ4v) is 3.17. The first-order valence-corrected chi connectivity index (χ1v) is 9.86. The molecule has 31 heavy (non-hydrogen) atoms. The lowest BCUT2D eigenvalue weighted by atomic mass is 10.2. The number of carbonyl (C=O) groups is 2. The third kappa shape index (κ3) is 5.16. The third-order valence-electron chi connectivity index (χ3n) is 4.67. The second-order valence-corrected chi connectivity index (χ2v) is 6.65. The molecule has 0 saturated carbocycles. The molecule has 8 heteroatoms. The first-order valence-electron chi connectivity index (χ1n) is 9.86. The molecule has 0 radical (unpaired) electrons. The number of carbonyl (C=O) groups excluding carboxylic acids is 2. The molecule has 0 aliphatic carbocycles. The van der Waals surface area contributed by atoms with Gasteiger partial charge in [-0.15, -0.1) is 10.2 Å². The van der Waals surface area contributed by atoms with E-state index in [1.807, 2.05) is 49.4 Å². The van der Waals surface area contributed by atoms with Crippen molar-refractivity contribution >= 4 is 34.5 Å². The zero-order valence-corrected chi connectivity index (χ0v) is 17.4. The van der Waals surface area contributed by atoms with E-state index in [1.165, 1.54) is 0 Å². The van der Waals surface area contributed by atoms with Crippen LogP contribution in [0, 0.1) is 0 Å². The Morgan fingerprint density at radius 2 is 1.90 bits per heavy atom. The summed E-state index contributed by atoms with van der Waals surface area (Å²) in [6.07, 6.45) is 3.58. The molecule has 2 aromatic carbocycles. The van der Waals surface area contributed by atoms with E-state index in [2.05, 4.69) is 15.5 Å². The monoisotopic (exact) mass is 420 g/mol. The van der Waals surface area contributed by atoms with Gasteiger partial charge in [-0.3, -0.25) is 9.59 Å². The highest BCUT2D eigenvalue weighted by atomic mass is 16.5. The number of benzene rings is 2. The van der Waals surface area contributed by atoms with Crippen LogP contribution in [0.15, 0.2) is 64.8 Å². The smallest absolute Gasteiger partial charge is 0.283 e. The number of nitrogens with one attached hydrogen (secondary N) is 1. The van der Waals surface area contributed by atoms with Gasteiger partial charge in [-0.05, 0) is 19.1 Å². The lowest BCUT2D eigenvalue weighted by Gasteiger charge is -2.03. The Hall–Kier alpha value is -3.94. The van der Waals surface area contributed by atoms with E-state index in [4.69, 9.17) is 4.74 Å². The quantitative estimate of drug-likeness (QED) is 0.533. The van der Waals surface area contributed by atoms with Gasteiger partial charge in [-0.25, -0.2) is 0 Å². The SMILES string of the molecule is CCn1c(O)c(N=NC(=O)CNC(=O)C/C=C/c2ccccc2OC)c2ccccc21. The van der Waals surface area contributed by atoms with Gasteiger partial charge in [-0.1, -0.05) is 48.6 Å². The molecule has 3 rings (SSSR count). The van der Waals surface area contributed by atoms with Gasteiger partial charge < -0.3 is 19.7 Å². The zero-order chi connectivity index (χ0) is 22.2. The highest BCUT2D eigenvalue weighted by Gasteiger charge is 2.15. The van der Waals surface area contributed by atoms with Crippen molar-refractivity contribution in [2.45, 2.75) is 19.9 Å². The molecule has 2 N–H and O–H groups in total. The van der Waals surface area contributed by atoms with E-state index < -0.39 is 5.91 Å². The number of methoxy groups -OCH3 is 1. The van der Waals surface area contributed by atoms with Crippen LogP contribution in [-0.2, 0) is 16.1 Å². The van der Waals surface area contributed by atoms with E-state index in [0.717, 1.165) is 11.1 Å². The largest absolute Gasteiger partial charge is 0.496 e. The van der Waals surface area contributed by atoms with Crippen LogP contribution < -0.4 is 10.1 Å². The lowest BCUT2D eigenvalue weighted by Crippen LogP contribution is -2.27. The summed E-state index contributed by atoms with van der Waals surface area (Å²) >= 11 is 0. The van der Waals surface area contributed by atoms with E-state index in [1.54, 1.807) is 29.9 Å². The summed E-state index contributed by atoms with van der Waals surface area (Å²) in [5.41, 5.74) is 1.89. The van der Waals surface area contributed by atoms with E-state index >= 15 is 0 Å². The number of hydrogen-bond acceptors (Lipinski definition) is 5. The average molecular weight is 420 g/mol. The van der Waals surface area contributed by atoms with Gasteiger partial charge in [0.2, 0.25) is 11.8 Å². The van der Waals surface area contributed by atoms with E-state index in [0.29, 0.717) is 17.7 Å². The summed E-state index contributed by atoms with van der Waals surface area (Å²) < 4.78 is 6.93. The van der Waals surface area contributed by atoms with Gasteiger partial charge in [-0.2, -0.15) is 0 Å². The van der Waals surface area contributed by atoms with Gasteiger partial charge >= 0.3 is 0 Å². The number of rotatable bonds is 8. The minimum absolute atomic E-state index is 0.0502. The average Bonchev–Trinajstić information content (AvgIpc) is 3.07. The standard InChI is InChI=1S/C23H24N4O4/c1-3-27-18-12-6-5-11-17(18)22(23(27)30)26-25-21(29)15-24-20(28)14-8-10-16-9-4-7-13-19(16)31-2/h4-13,30H,3,14-15H2,1-2H3,(H,24,28)/b10-8+,26-25?. The Morgan fingerprint density at radius 1 is 1.16 bits per heavy atom. The topological polar surface area (TPSA) is 105 Å². The molecule has 1 heterocycles. The number of azo groups is 1. The molecule has 0 saturated heterocycles. The Labute approximate surface area is 179 Å². The maximum absolute atomic E-state index is 12.0. The van der Waals surface area contributed by atoms with Crippen molar-refractivity contribution in [3.8, 4) is 11.6 Å². The third-order valence-corrected chi connectivity index (χ3v) is 4.67. The predicted molar refractivity (Wildman–Crippen MR) is 118 cm³/mol. The van der Waals surface area contributed by atoms with E-state index in [9.17, 15) is 14.7 Å². The molecule has 0 bridgehead atoms. The molecule has 0 fully saturated rings. The molecule has 160 valence electrons. The van der Waals surface area contributed by atoms with Crippen molar-refractivity contribution in [3.05, 3.63) is 60.2 Å². The number of para-hydroxylation sites is 2. The number of aryl methyl sites for hydroxylation is 1. The fraction of sp³-hybridized carbons (Fsp3) is 0.217. The minimum Gasteiger partial charge on any atom is -0.496 e. The van der Waals surface area contributed by atoms with Gasteiger partial charge in [0, 0.05) is 23.9 Å². The highest BCUT2D eigenvalue weighted by molar-refractivity contribution is 5.95. The summed E-state index contributed by atoms with van der Waals surface area (Å²) in [5.74, 6) is -0.275. The van der Waals surface area contributed by atoms with Crippen LogP contribution >= 0.6 is 0 Å². The molecule has 8 nitrogen and oxygen atoms in total. The number of amides is 2. The number of aromatic nitrogens is 1. The van der Waals surface area contributed by atoms with Crippen molar-refractivity contribution in [3.63, 3.8) is 0 Å². The minimum atomic E-state index is -0.616. The van der Waals surface area contributed by atoms with Crippen LogP contribution in [0.4, 0.5) is 5.69 Å². The Bertz CT molecular complexity index is 1150. The predicted octanol–water partition coefficient (Wildman–Crippen LogP) is 4.21. The lowest BCUT2D eigenvalue weighted by molar-refractivity contribution is -0.124. The summed E-state index contributed by atoms with van der Waals surface area (Å²) in [7, 11) is 1.58. The fourth-order valence-electron chi connectivity index (χ4n) is 3.17. The summed E-state index contributed by atoms with van der Waals surface area (Å²) in [6.45, 7) is 2.17. The molecular weight excluding hydrogens is 396 g/mol. The molecule has 2 amide bonds. The second kappa shape index (κ2) is 10.2. The normalized spacial score (nSPS) is 11.4. The van der Waals surface area contributed by atoms with Crippen molar-refractivity contribution in [2.24, 2.45) is 10.2 Å². The molecular formula is C23H24N4O4. The molecule has 3 aromatic rings. The zero-order valence-electron chi connectivity index (χ0n) is 17.4. The first-order chi connectivity index (χ1) is 15.0. The molecule has 0 aliphatic heterocycles. The number of ether oxygens (including phenoxy) is 1. The molecule has 1 aromatic heterocycles. The molecule has 0 spiro atoms. The number of hydrogen-bond donors (Lipinski definition) is 2. The summed E-state index contributed by atoms with van der Waals surface area (Å²) in [5, 5.41) is 21.2. The Morgan fingerprint density at radius 3 is 2.68 bits per heavy atom. The number of nitrogens with zero attached hydrogens (tertiary/aromatic N) is 3. The van der Waals surface area contributed by atoms with Crippen LogP contribution in [0.1, 0.15) is 18.9 Å². The van der Waals surface area contributed by atoms with Crippen LogP contribution in [0.2, 0.25) is 0 Å². The van der Waals surface area contributed by atoms with Gasteiger partial charge in [0.05, 0.1) is 12.6 Å².